The molecular formula is C10H15N5O2. The number of rotatable bonds is 8. The van der Waals surface area contributed by atoms with E-state index in [0.717, 1.165) is 25.7 Å². The van der Waals surface area contributed by atoms with E-state index in [2.05, 4.69) is 20.9 Å². The molecule has 0 unspecified atom stereocenters. The molecule has 1 aliphatic rings. The number of nitrogens with one attached hydrogen (secondary N) is 2. The number of azide groups is 1. The first-order chi connectivity index (χ1) is 8.24. The lowest BCUT2D eigenvalue weighted by atomic mass is 10.1. The molecule has 2 N–H and O–H groups in total. The zero-order valence-electron chi connectivity index (χ0n) is 9.48. The fourth-order valence-electron chi connectivity index (χ4n) is 1.59. The normalized spacial score (nSPS) is 14.0. The van der Waals surface area contributed by atoms with E-state index in [9.17, 15) is 9.59 Å². The smallest absolute Gasteiger partial charge is 0.254 e. The minimum Gasteiger partial charge on any atom is -0.289 e. The maximum absolute atomic E-state index is 11.2. The van der Waals surface area contributed by atoms with E-state index in [4.69, 9.17) is 5.53 Å². The fraction of sp³-hybridized carbons (Fsp3) is 0.600. The molecular weight excluding hydrogens is 222 g/mol. The molecule has 0 aromatic rings. The minimum absolute atomic E-state index is 0.264. The third-order valence-corrected chi connectivity index (χ3v) is 2.43. The van der Waals surface area contributed by atoms with Crippen LogP contribution in [0.4, 0.5) is 0 Å². The third kappa shape index (κ3) is 5.03. The first-order valence-corrected chi connectivity index (χ1v) is 5.57. The average molecular weight is 237 g/mol. The number of imide groups is 1. The summed E-state index contributed by atoms with van der Waals surface area (Å²) >= 11 is 0. The van der Waals surface area contributed by atoms with Crippen molar-refractivity contribution in [3.05, 3.63) is 22.1 Å². The van der Waals surface area contributed by atoms with E-state index in [1.807, 2.05) is 0 Å². The molecule has 7 nitrogen and oxygen atoms in total. The zero-order chi connectivity index (χ0) is 12.5. The van der Waals surface area contributed by atoms with Gasteiger partial charge in [-0.2, -0.15) is 4.91 Å². The Hall–Kier alpha value is -2.01. The highest BCUT2D eigenvalue weighted by atomic mass is 16.2. The molecule has 0 aliphatic carbocycles. The van der Waals surface area contributed by atoms with Crippen LogP contribution in [0.2, 0.25) is 0 Å². The molecule has 0 aromatic carbocycles. The van der Waals surface area contributed by atoms with Gasteiger partial charge in [-0.25, -0.2) is 0 Å². The quantitative estimate of drug-likeness (QED) is 0.166. The lowest BCUT2D eigenvalue weighted by Crippen LogP contribution is -2.22. The van der Waals surface area contributed by atoms with Crippen LogP contribution in [0.15, 0.2) is 16.9 Å². The molecule has 0 saturated heterocycles. The summed E-state index contributed by atoms with van der Waals surface area (Å²) in [6.07, 6.45) is 5.79. The first-order valence-electron chi connectivity index (χ1n) is 5.57. The van der Waals surface area contributed by atoms with Gasteiger partial charge in [-0.15, -0.1) is 5.53 Å². The number of hydrogen-bond donors (Lipinski definition) is 2. The van der Waals surface area contributed by atoms with Crippen molar-refractivity contribution in [2.45, 2.75) is 32.1 Å². The molecule has 17 heavy (non-hydrogen) atoms. The molecule has 1 rings (SSSR count). The van der Waals surface area contributed by atoms with Crippen LogP contribution in [-0.4, -0.2) is 18.4 Å². The molecule has 0 saturated carbocycles. The van der Waals surface area contributed by atoms with Crippen molar-refractivity contribution in [3.63, 3.8) is 0 Å². The molecule has 1 aliphatic heterocycles. The summed E-state index contributed by atoms with van der Waals surface area (Å²) in [6.45, 7) is 0.658. The number of carbonyl (C=O) groups is 2. The topological polar surface area (TPSA) is 107 Å². The van der Waals surface area contributed by atoms with Gasteiger partial charge in [0.05, 0.1) is 6.54 Å². The van der Waals surface area contributed by atoms with Crippen molar-refractivity contribution >= 4 is 11.8 Å². The molecule has 92 valence electrons. The van der Waals surface area contributed by atoms with Gasteiger partial charge < -0.3 is 0 Å². The molecule has 0 radical (unpaired) electrons. The summed E-state index contributed by atoms with van der Waals surface area (Å²) in [4.78, 5) is 24.6. The lowest BCUT2D eigenvalue weighted by Gasteiger charge is -2.00. The summed E-state index contributed by atoms with van der Waals surface area (Å²) in [7, 11) is 0. The zero-order valence-corrected chi connectivity index (χ0v) is 9.48. The second kappa shape index (κ2) is 7.29. The van der Waals surface area contributed by atoms with Crippen LogP contribution in [0, 0.1) is 0 Å². The van der Waals surface area contributed by atoms with E-state index in [-0.39, 0.29) is 11.8 Å². The number of amides is 2. The van der Waals surface area contributed by atoms with Crippen LogP contribution in [-0.2, 0) is 9.59 Å². The van der Waals surface area contributed by atoms with Crippen molar-refractivity contribution < 1.29 is 9.59 Å². The maximum Gasteiger partial charge on any atom is 0.254 e. The van der Waals surface area contributed by atoms with Gasteiger partial charge in [-0.05, 0) is 30.9 Å². The van der Waals surface area contributed by atoms with Crippen LogP contribution in [0.1, 0.15) is 32.1 Å². The van der Waals surface area contributed by atoms with Gasteiger partial charge in [0.15, 0.2) is 0 Å². The number of hydrogen-bond acceptors (Lipinski definition) is 3. The Balaban J connectivity index is 2.01. The van der Waals surface area contributed by atoms with Crippen molar-refractivity contribution in [1.29, 1.82) is 0 Å². The van der Waals surface area contributed by atoms with Gasteiger partial charge in [0.25, 0.3) is 11.8 Å². The summed E-state index contributed by atoms with van der Waals surface area (Å²) in [6, 6.07) is 0. The molecule has 0 fully saturated rings. The predicted molar refractivity (Wildman–Crippen MR) is 61.5 cm³/mol. The van der Waals surface area contributed by atoms with Gasteiger partial charge in [0.2, 0.25) is 0 Å². The van der Waals surface area contributed by atoms with E-state index in [0.29, 0.717) is 18.5 Å². The highest BCUT2D eigenvalue weighted by Gasteiger charge is 2.19. The van der Waals surface area contributed by atoms with Gasteiger partial charge in [-0.1, -0.05) is 6.42 Å². The number of carbonyl (C=O) groups excluding carboxylic acids is 2. The summed E-state index contributed by atoms with van der Waals surface area (Å²) in [5.74, 6) is -0.580. The monoisotopic (exact) mass is 237 g/mol. The van der Waals surface area contributed by atoms with Crippen LogP contribution < -0.4 is 10.7 Å². The highest BCUT2D eigenvalue weighted by Crippen LogP contribution is 2.13. The summed E-state index contributed by atoms with van der Waals surface area (Å²) in [5.41, 5.74) is 11.1. The fourth-order valence-corrected chi connectivity index (χ4v) is 1.59. The van der Waals surface area contributed by atoms with Crippen LogP contribution in [0.25, 0.3) is 10.4 Å². The van der Waals surface area contributed by atoms with Gasteiger partial charge in [0.1, 0.15) is 0 Å². The van der Waals surface area contributed by atoms with Gasteiger partial charge >= 0.3 is 0 Å². The van der Waals surface area contributed by atoms with Crippen molar-refractivity contribution in [2.75, 3.05) is 6.54 Å². The SMILES string of the molecule is [N-]=[N+]=NNCCCCCCC1=CC(=O)NC1=O. The van der Waals surface area contributed by atoms with Gasteiger partial charge in [0, 0.05) is 11.6 Å². The predicted octanol–water partition coefficient (Wildman–Crippen LogP) is 1.33. The lowest BCUT2D eigenvalue weighted by molar-refractivity contribution is -0.123. The standard InChI is InChI=1S/C10H15N5O2/c11-14-15-12-6-4-2-1-3-5-8-7-9(16)13-10(8)17/h7,12H,1-6H2,(H,13,16,17). The molecule has 0 bridgehead atoms. The van der Waals surface area contributed by atoms with E-state index < -0.39 is 0 Å². The Morgan fingerprint density at radius 2 is 2.06 bits per heavy atom. The maximum atomic E-state index is 11.2. The van der Waals surface area contributed by atoms with E-state index >= 15 is 0 Å². The van der Waals surface area contributed by atoms with Crippen molar-refractivity contribution in [1.82, 2.24) is 10.7 Å². The largest absolute Gasteiger partial charge is 0.289 e. The molecule has 0 spiro atoms. The molecule has 1 heterocycles. The number of nitrogens with zero attached hydrogens (tertiary/aromatic N) is 3. The Morgan fingerprint density at radius 1 is 1.29 bits per heavy atom. The van der Waals surface area contributed by atoms with E-state index in [1.165, 1.54) is 6.08 Å². The average Bonchev–Trinajstić information content (AvgIpc) is 2.61. The van der Waals surface area contributed by atoms with Crippen LogP contribution in [0.5, 0.6) is 0 Å². The minimum atomic E-state index is -0.316. The second-order valence-corrected chi connectivity index (χ2v) is 3.75. The molecule has 0 atom stereocenters. The molecule has 0 aromatic heterocycles. The Kier molecular flexibility index (Phi) is 5.60. The summed E-state index contributed by atoms with van der Waals surface area (Å²) < 4.78 is 0. The highest BCUT2D eigenvalue weighted by molar-refractivity contribution is 6.16. The third-order valence-electron chi connectivity index (χ3n) is 2.43. The van der Waals surface area contributed by atoms with Crippen molar-refractivity contribution in [2.24, 2.45) is 5.22 Å². The molecule has 7 heteroatoms. The Morgan fingerprint density at radius 3 is 2.71 bits per heavy atom. The van der Waals surface area contributed by atoms with Crippen molar-refractivity contribution in [3.8, 4) is 0 Å². The van der Waals surface area contributed by atoms with Gasteiger partial charge in [-0.3, -0.25) is 20.3 Å². The van der Waals surface area contributed by atoms with Crippen LogP contribution in [0.3, 0.4) is 0 Å². The Bertz CT molecular complexity index is 371. The number of unbranched alkanes of at least 4 members (excludes halogenated alkanes) is 3. The summed E-state index contributed by atoms with van der Waals surface area (Å²) in [5, 5.41) is 5.42. The van der Waals surface area contributed by atoms with Crippen LogP contribution >= 0.6 is 0 Å². The Labute approximate surface area is 98.9 Å². The second-order valence-electron chi connectivity index (χ2n) is 3.75. The first kappa shape index (κ1) is 13.1. The van der Waals surface area contributed by atoms with E-state index in [1.54, 1.807) is 0 Å². The molecule has 2 amide bonds.